The van der Waals surface area contributed by atoms with Crippen molar-refractivity contribution < 1.29 is 13.9 Å². The molecule has 0 unspecified atom stereocenters. The Labute approximate surface area is 153 Å². The van der Waals surface area contributed by atoms with Crippen LogP contribution in [-0.2, 0) is 24.1 Å². The highest BCUT2D eigenvalue weighted by Crippen LogP contribution is 2.29. The molecule has 0 bridgehead atoms. The molecule has 6 heteroatoms. The van der Waals surface area contributed by atoms with Crippen LogP contribution in [0.1, 0.15) is 77.0 Å². The van der Waals surface area contributed by atoms with Gasteiger partial charge in [-0.2, -0.15) is 0 Å². The molecule has 1 amide bonds. The molecule has 1 atom stereocenters. The van der Waals surface area contributed by atoms with Crippen LogP contribution in [0.15, 0.2) is 16.8 Å². The summed E-state index contributed by atoms with van der Waals surface area (Å²) in [6, 6.07) is 0. The number of hydrogen-bond donors (Lipinski definition) is 1. The van der Waals surface area contributed by atoms with Crippen molar-refractivity contribution in [2.45, 2.75) is 64.5 Å². The lowest BCUT2D eigenvalue weighted by molar-refractivity contribution is 0.00940. The highest BCUT2D eigenvalue weighted by molar-refractivity contribution is 5.97. The third-order valence-corrected chi connectivity index (χ3v) is 5.22. The lowest BCUT2D eigenvalue weighted by Crippen LogP contribution is -2.25. The molecule has 0 aromatic carbocycles. The number of fused-ring (bicyclic) bond motifs is 1. The second kappa shape index (κ2) is 7.58. The highest BCUT2D eigenvalue weighted by atomic mass is 16.5. The number of nitrogens with zero attached hydrogens (tertiary/aromatic N) is 2. The number of aromatic nitrogens is 2. The molecule has 138 valence electrons. The number of carbonyl (C=O) groups is 1. The van der Waals surface area contributed by atoms with E-state index in [1.165, 1.54) is 0 Å². The van der Waals surface area contributed by atoms with E-state index in [0.29, 0.717) is 12.1 Å². The third kappa shape index (κ3) is 3.51. The van der Waals surface area contributed by atoms with Crippen LogP contribution >= 0.6 is 0 Å². The Kier molecular flexibility index (Phi) is 5.02. The third-order valence-electron chi connectivity index (χ3n) is 5.22. The van der Waals surface area contributed by atoms with Gasteiger partial charge in [0.15, 0.2) is 5.82 Å². The van der Waals surface area contributed by atoms with E-state index in [4.69, 9.17) is 9.15 Å². The summed E-state index contributed by atoms with van der Waals surface area (Å²) in [6.45, 7) is 3.06. The van der Waals surface area contributed by atoms with Gasteiger partial charge >= 0.3 is 0 Å². The number of amides is 1. The summed E-state index contributed by atoms with van der Waals surface area (Å²) >= 11 is 0. The Morgan fingerprint density at radius 3 is 2.77 bits per heavy atom. The van der Waals surface area contributed by atoms with Crippen LogP contribution in [0.5, 0.6) is 0 Å². The van der Waals surface area contributed by atoms with Crippen molar-refractivity contribution >= 4 is 5.91 Å². The molecule has 3 heterocycles. The van der Waals surface area contributed by atoms with Crippen molar-refractivity contribution in [3.63, 3.8) is 0 Å². The normalized spacial score (nSPS) is 19.8. The lowest BCUT2D eigenvalue weighted by atomic mass is 9.94. The molecule has 0 saturated carbocycles. The van der Waals surface area contributed by atoms with E-state index in [-0.39, 0.29) is 12.0 Å². The standard InChI is InChI=1S/C20H25N3O3/c1-13-18(15-6-2-3-7-16(15)26-13)20(24)23-12-14-10-21-19(22-11-14)17-8-4-5-9-25-17/h10-11,17H,2-9,12H2,1H3,(H,23,24)/t17-/m0/s1. The molecule has 1 N–H and O–H groups in total. The van der Waals surface area contributed by atoms with E-state index in [1.54, 1.807) is 12.4 Å². The van der Waals surface area contributed by atoms with E-state index < -0.39 is 0 Å². The molecule has 1 aliphatic heterocycles. The average molecular weight is 355 g/mol. The number of nitrogens with one attached hydrogen (secondary N) is 1. The van der Waals surface area contributed by atoms with Gasteiger partial charge in [0.1, 0.15) is 17.6 Å². The van der Waals surface area contributed by atoms with E-state index in [0.717, 1.165) is 80.0 Å². The first kappa shape index (κ1) is 17.2. The molecular weight excluding hydrogens is 330 g/mol. The molecule has 6 nitrogen and oxygen atoms in total. The van der Waals surface area contributed by atoms with Gasteiger partial charge in [-0.15, -0.1) is 0 Å². The molecule has 26 heavy (non-hydrogen) atoms. The second-order valence-corrected chi connectivity index (χ2v) is 7.13. The number of aryl methyl sites for hydroxylation is 2. The average Bonchev–Trinajstić information content (AvgIpc) is 3.03. The van der Waals surface area contributed by atoms with Crippen molar-refractivity contribution in [1.82, 2.24) is 15.3 Å². The maximum Gasteiger partial charge on any atom is 0.255 e. The van der Waals surface area contributed by atoms with Gasteiger partial charge < -0.3 is 14.5 Å². The SMILES string of the molecule is Cc1oc2c(c1C(=O)NCc1cnc([C@@H]3CCCCO3)nc1)CCCC2. The summed E-state index contributed by atoms with van der Waals surface area (Å²) in [6.07, 6.45) is 10.9. The van der Waals surface area contributed by atoms with Gasteiger partial charge in [0.05, 0.1) is 5.56 Å². The first-order valence-corrected chi connectivity index (χ1v) is 9.54. The zero-order valence-corrected chi connectivity index (χ0v) is 15.2. The van der Waals surface area contributed by atoms with Gasteiger partial charge in [-0.3, -0.25) is 4.79 Å². The monoisotopic (exact) mass is 355 g/mol. The van der Waals surface area contributed by atoms with Crippen LogP contribution in [0.25, 0.3) is 0 Å². The van der Waals surface area contributed by atoms with Crippen molar-refractivity contribution in [1.29, 1.82) is 0 Å². The van der Waals surface area contributed by atoms with Gasteiger partial charge in [-0.05, 0) is 45.4 Å². The van der Waals surface area contributed by atoms with Crippen molar-refractivity contribution in [3.8, 4) is 0 Å². The van der Waals surface area contributed by atoms with E-state index in [9.17, 15) is 4.79 Å². The quantitative estimate of drug-likeness (QED) is 0.909. The fourth-order valence-electron chi connectivity index (χ4n) is 3.84. The minimum atomic E-state index is -0.0749. The van der Waals surface area contributed by atoms with Crippen LogP contribution in [0.2, 0.25) is 0 Å². The summed E-state index contributed by atoms with van der Waals surface area (Å²) in [7, 11) is 0. The number of rotatable bonds is 4. The zero-order valence-electron chi connectivity index (χ0n) is 15.2. The second-order valence-electron chi connectivity index (χ2n) is 7.13. The first-order chi connectivity index (χ1) is 12.7. The summed E-state index contributed by atoms with van der Waals surface area (Å²) in [5.74, 6) is 2.36. The molecule has 0 spiro atoms. The molecule has 1 saturated heterocycles. The largest absolute Gasteiger partial charge is 0.465 e. The van der Waals surface area contributed by atoms with Crippen molar-refractivity contribution in [2.24, 2.45) is 0 Å². The van der Waals surface area contributed by atoms with Crippen molar-refractivity contribution in [2.75, 3.05) is 6.61 Å². The number of furan rings is 1. The Balaban J connectivity index is 1.39. The van der Waals surface area contributed by atoms with Crippen LogP contribution < -0.4 is 5.32 Å². The molecule has 1 aliphatic carbocycles. The Bertz CT molecular complexity index is 776. The van der Waals surface area contributed by atoms with Crippen LogP contribution in [0.4, 0.5) is 0 Å². The van der Waals surface area contributed by atoms with Gasteiger partial charge in [0.25, 0.3) is 5.91 Å². The fraction of sp³-hybridized carbons (Fsp3) is 0.550. The van der Waals surface area contributed by atoms with Gasteiger partial charge in [0.2, 0.25) is 0 Å². The lowest BCUT2D eigenvalue weighted by Gasteiger charge is -2.21. The van der Waals surface area contributed by atoms with Crippen LogP contribution in [0.3, 0.4) is 0 Å². The summed E-state index contributed by atoms with van der Waals surface area (Å²) < 4.78 is 11.5. The molecule has 2 aromatic heterocycles. The molecule has 4 rings (SSSR count). The zero-order chi connectivity index (χ0) is 17.9. The Morgan fingerprint density at radius 1 is 1.19 bits per heavy atom. The fourth-order valence-corrected chi connectivity index (χ4v) is 3.84. The predicted molar refractivity (Wildman–Crippen MR) is 95.8 cm³/mol. The van der Waals surface area contributed by atoms with Gasteiger partial charge in [-0.25, -0.2) is 9.97 Å². The molecular formula is C20H25N3O3. The highest BCUT2D eigenvalue weighted by Gasteiger charge is 2.25. The van der Waals surface area contributed by atoms with Crippen LogP contribution in [-0.4, -0.2) is 22.5 Å². The predicted octanol–water partition coefficient (Wildman–Crippen LogP) is 3.43. The minimum Gasteiger partial charge on any atom is -0.465 e. The van der Waals surface area contributed by atoms with Crippen LogP contribution in [0, 0.1) is 6.92 Å². The number of carbonyl (C=O) groups excluding carboxylic acids is 1. The maximum absolute atomic E-state index is 12.7. The molecule has 1 fully saturated rings. The van der Waals surface area contributed by atoms with E-state index >= 15 is 0 Å². The molecule has 2 aromatic rings. The summed E-state index contributed by atoms with van der Waals surface area (Å²) in [4.78, 5) is 21.5. The first-order valence-electron chi connectivity index (χ1n) is 9.54. The van der Waals surface area contributed by atoms with Gasteiger partial charge in [-0.1, -0.05) is 0 Å². The number of hydrogen-bond acceptors (Lipinski definition) is 5. The Hall–Kier alpha value is -2.21. The topological polar surface area (TPSA) is 77.2 Å². The molecule has 2 aliphatic rings. The van der Waals surface area contributed by atoms with E-state index in [1.807, 2.05) is 6.92 Å². The Morgan fingerprint density at radius 2 is 2.00 bits per heavy atom. The maximum atomic E-state index is 12.7. The summed E-state index contributed by atoms with van der Waals surface area (Å²) in [5.41, 5.74) is 2.69. The van der Waals surface area contributed by atoms with Crippen molar-refractivity contribution in [3.05, 3.63) is 46.4 Å². The smallest absolute Gasteiger partial charge is 0.255 e. The van der Waals surface area contributed by atoms with E-state index in [2.05, 4.69) is 15.3 Å². The number of ether oxygens (including phenoxy) is 1. The minimum absolute atomic E-state index is 0.00694. The molecule has 0 radical (unpaired) electrons. The summed E-state index contributed by atoms with van der Waals surface area (Å²) in [5, 5.41) is 2.98. The van der Waals surface area contributed by atoms with Gasteiger partial charge in [0, 0.05) is 43.1 Å².